The summed E-state index contributed by atoms with van der Waals surface area (Å²) in [5.41, 5.74) is 1.31. The first-order valence-corrected chi connectivity index (χ1v) is 10.1. The molecule has 0 aliphatic carbocycles. The predicted molar refractivity (Wildman–Crippen MR) is 101 cm³/mol. The fraction of sp³-hybridized carbons (Fsp3) is 0.238. The van der Waals surface area contributed by atoms with E-state index in [2.05, 4.69) is 24.3 Å². The van der Waals surface area contributed by atoms with Gasteiger partial charge in [0.15, 0.2) is 0 Å². The maximum atomic E-state index is 13.2. The molecule has 1 aliphatic heterocycles. The summed E-state index contributed by atoms with van der Waals surface area (Å²) in [5.74, 6) is 0.445. The lowest BCUT2D eigenvalue weighted by Crippen LogP contribution is -2.37. The summed E-state index contributed by atoms with van der Waals surface area (Å²) in [6, 6.07) is 23.6. The maximum absolute atomic E-state index is 13.2. The second-order valence-electron chi connectivity index (χ2n) is 6.57. The molecule has 25 heavy (non-hydrogen) atoms. The summed E-state index contributed by atoms with van der Waals surface area (Å²) in [5, 5.41) is 1.76. The van der Waals surface area contributed by atoms with Gasteiger partial charge in [0.1, 0.15) is 0 Å². The summed E-state index contributed by atoms with van der Waals surface area (Å²) < 4.78 is 28.0. The third-order valence-corrected chi connectivity index (χ3v) is 7.05. The van der Waals surface area contributed by atoms with E-state index in [0.717, 1.165) is 23.6 Å². The van der Waals surface area contributed by atoms with Crippen molar-refractivity contribution in [3.8, 4) is 0 Å². The number of hydrogen-bond donors (Lipinski definition) is 0. The Kier molecular flexibility index (Phi) is 4.32. The topological polar surface area (TPSA) is 37.4 Å². The lowest BCUT2D eigenvalue weighted by molar-refractivity contribution is 0.320. The van der Waals surface area contributed by atoms with Crippen molar-refractivity contribution in [3.05, 3.63) is 78.4 Å². The van der Waals surface area contributed by atoms with Gasteiger partial charge >= 0.3 is 0 Å². The van der Waals surface area contributed by atoms with Crippen LogP contribution in [0.5, 0.6) is 0 Å². The fourth-order valence-electron chi connectivity index (χ4n) is 3.71. The van der Waals surface area contributed by atoms with Gasteiger partial charge in [0.2, 0.25) is 10.0 Å². The Hall–Kier alpha value is -2.17. The fourth-order valence-corrected chi connectivity index (χ4v) is 5.40. The quantitative estimate of drug-likeness (QED) is 0.701. The van der Waals surface area contributed by atoms with Crippen LogP contribution in [-0.2, 0) is 10.0 Å². The normalized spacial score (nSPS) is 17.0. The Labute approximate surface area is 149 Å². The number of piperidine rings is 1. The van der Waals surface area contributed by atoms with Crippen LogP contribution in [0.25, 0.3) is 10.8 Å². The molecule has 0 saturated carbocycles. The molecule has 0 atom stereocenters. The Morgan fingerprint density at radius 3 is 2.16 bits per heavy atom. The summed E-state index contributed by atoms with van der Waals surface area (Å²) in [6.45, 7) is 1.15. The zero-order valence-electron chi connectivity index (χ0n) is 14.0. The summed E-state index contributed by atoms with van der Waals surface area (Å²) in [4.78, 5) is 0.420. The molecule has 0 unspecified atom stereocenters. The first-order valence-electron chi connectivity index (χ1n) is 8.69. The lowest BCUT2D eigenvalue weighted by Gasteiger charge is -2.31. The van der Waals surface area contributed by atoms with Crippen LogP contribution in [0.3, 0.4) is 0 Å². The molecule has 0 spiro atoms. The van der Waals surface area contributed by atoms with Crippen LogP contribution in [0.4, 0.5) is 0 Å². The third-order valence-electron chi connectivity index (χ3n) is 5.09. The average molecular weight is 351 g/mol. The van der Waals surface area contributed by atoms with Gasteiger partial charge in [-0.15, -0.1) is 0 Å². The van der Waals surface area contributed by atoms with Crippen molar-refractivity contribution in [1.29, 1.82) is 0 Å². The van der Waals surface area contributed by atoms with E-state index in [-0.39, 0.29) is 0 Å². The molecule has 0 aromatic heterocycles. The molecule has 0 radical (unpaired) electrons. The minimum atomic E-state index is -3.46. The van der Waals surface area contributed by atoms with Gasteiger partial charge in [0, 0.05) is 18.5 Å². The second-order valence-corrected chi connectivity index (χ2v) is 8.47. The summed E-state index contributed by atoms with van der Waals surface area (Å²) >= 11 is 0. The monoisotopic (exact) mass is 351 g/mol. The minimum Gasteiger partial charge on any atom is -0.207 e. The molecule has 3 aromatic carbocycles. The van der Waals surface area contributed by atoms with Crippen molar-refractivity contribution < 1.29 is 8.42 Å². The largest absolute Gasteiger partial charge is 0.243 e. The predicted octanol–water partition coefficient (Wildman–Crippen LogP) is 4.41. The first kappa shape index (κ1) is 16.3. The number of benzene rings is 3. The molecule has 0 bridgehead atoms. The van der Waals surface area contributed by atoms with Gasteiger partial charge in [-0.3, -0.25) is 0 Å². The summed E-state index contributed by atoms with van der Waals surface area (Å²) in [6.07, 6.45) is 1.74. The second kappa shape index (κ2) is 6.62. The zero-order valence-corrected chi connectivity index (χ0v) is 14.8. The van der Waals surface area contributed by atoms with Gasteiger partial charge in [0.25, 0.3) is 0 Å². The Bertz CT molecular complexity index is 970. The van der Waals surface area contributed by atoms with Gasteiger partial charge < -0.3 is 0 Å². The van der Waals surface area contributed by atoms with E-state index in [4.69, 9.17) is 0 Å². The van der Waals surface area contributed by atoms with Crippen molar-refractivity contribution in [1.82, 2.24) is 4.31 Å². The molecule has 1 saturated heterocycles. The van der Waals surface area contributed by atoms with E-state index in [9.17, 15) is 8.42 Å². The first-order chi connectivity index (χ1) is 12.2. The number of sulfonamides is 1. The third kappa shape index (κ3) is 3.08. The minimum absolute atomic E-state index is 0.420. The molecule has 3 aromatic rings. The Balaban J connectivity index is 1.60. The highest BCUT2D eigenvalue weighted by molar-refractivity contribution is 7.89. The molecule has 1 fully saturated rings. The average Bonchev–Trinajstić information content (AvgIpc) is 2.68. The van der Waals surface area contributed by atoms with Crippen molar-refractivity contribution in [2.24, 2.45) is 0 Å². The van der Waals surface area contributed by atoms with Crippen molar-refractivity contribution in [2.75, 3.05) is 13.1 Å². The molecule has 128 valence electrons. The van der Waals surface area contributed by atoms with Crippen molar-refractivity contribution in [2.45, 2.75) is 23.7 Å². The Morgan fingerprint density at radius 2 is 1.40 bits per heavy atom. The van der Waals surface area contributed by atoms with Crippen LogP contribution in [-0.4, -0.2) is 25.8 Å². The van der Waals surface area contributed by atoms with Gasteiger partial charge in [-0.1, -0.05) is 66.7 Å². The highest BCUT2D eigenvalue weighted by atomic mass is 32.2. The van der Waals surface area contributed by atoms with Crippen LogP contribution in [0.1, 0.15) is 24.3 Å². The van der Waals surface area contributed by atoms with E-state index in [1.807, 2.05) is 42.5 Å². The number of hydrogen-bond acceptors (Lipinski definition) is 2. The number of fused-ring (bicyclic) bond motifs is 1. The van der Waals surface area contributed by atoms with E-state index >= 15 is 0 Å². The van der Waals surface area contributed by atoms with Gasteiger partial charge in [0.05, 0.1) is 4.90 Å². The Morgan fingerprint density at radius 1 is 0.760 bits per heavy atom. The van der Waals surface area contributed by atoms with E-state index < -0.39 is 10.0 Å². The van der Waals surface area contributed by atoms with Crippen LogP contribution in [0.15, 0.2) is 77.7 Å². The summed E-state index contributed by atoms with van der Waals surface area (Å²) in [7, 11) is -3.46. The molecule has 0 N–H and O–H groups in total. The van der Waals surface area contributed by atoms with E-state index in [1.54, 1.807) is 10.4 Å². The molecule has 0 amide bonds. The molecule has 4 rings (SSSR count). The SMILES string of the molecule is O=S(=O)(c1cccc2ccccc12)N1CCC(c2ccccc2)CC1. The van der Waals surface area contributed by atoms with E-state index in [0.29, 0.717) is 23.9 Å². The molecular formula is C21H21NO2S. The molecule has 3 nitrogen and oxygen atoms in total. The van der Waals surface area contributed by atoms with Gasteiger partial charge in [-0.25, -0.2) is 8.42 Å². The highest BCUT2D eigenvalue weighted by Crippen LogP contribution is 2.32. The smallest absolute Gasteiger partial charge is 0.207 e. The number of rotatable bonds is 3. The van der Waals surface area contributed by atoms with Crippen LogP contribution < -0.4 is 0 Å². The highest BCUT2D eigenvalue weighted by Gasteiger charge is 2.30. The molecular weight excluding hydrogens is 330 g/mol. The molecule has 1 heterocycles. The zero-order chi connectivity index (χ0) is 17.3. The van der Waals surface area contributed by atoms with E-state index in [1.165, 1.54) is 5.56 Å². The van der Waals surface area contributed by atoms with Gasteiger partial charge in [-0.05, 0) is 35.8 Å². The maximum Gasteiger partial charge on any atom is 0.243 e. The van der Waals surface area contributed by atoms with Gasteiger partial charge in [-0.2, -0.15) is 4.31 Å². The van der Waals surface area contributed by atoms with Crippen LogP contribution in [0, 0.1) is 0 Å². The van der Waals surface area contributed by atoms with Crippen LogP contribution in [0.2, 0.25) is 0 Å². The standard InChI is InChI=1S/C21H21NO2S/c23-25(24,21-12-6-10-19-9-4-5-11-20(19)21)22-15-13-18(14-16-22)17-7-2-1-3-8-17/h1-12,18H,13-16H2. The van der Waals surface area contributed by atoms with Crippen molar-refractivity contribution in [3.63, 3.8) is 0 Å². The molecule has 1 aliphatic rings. The van der Waals surface area contributed by atoms with Crippen molar-refractivity contribution >= 4 is 20.8 Å². The van der Waals surface area contributed by atoms with Crippen LogP contribution >= 0.6 is 0 Å². The number of nitrogens with zero attached hydrogens (tertiary/aromatic N) is 1. The molecule has 4 heteroatoms. The lowest BCUT2D eigenvalue weighted by atomic mass is 9.90.